The summed E-state index contributed by atoms with van der Waals surface area (Å²) in [6.07, 6.45) is 7.02. The monoisotopic (exact) mass is 711 g/mol. The van der Waals surface area contributed by atoms with Crippen LogP contribution in [0.15, 0.2) is 127 Å². The van der Waals surface area contributed by atoms with Crippen molar-refractivity contribution in [3.63, 3.8) is 0 Å². The Labute approximate surface area is 307 Å². The highest BCUT2D eigenvalue weighted by molar-refractivity contribution is 6.06. The van der Waals surface area contributed by atoms with Gasteiger partial charge in [0.25, 0.3) is 5.91 Å². The summed E-state index contributed by atoms with van der Waals surface area (Å²) in [7, 11) is 0. The summed E-state index contributed by atoms with van der Waals surface area (Å²) in [5.41, 5.74) is 0.754. The predicted octanol–water partition coefficient (Wildman–Crippen LogP) is 4.68. The number of hydrogen-bond acceptors (Lipinski definition) is 7. The minimum absolute atomic E-state index is 0.0855. The van der Waals surface area contributed by atoms with Gasteiger partial charge in [0.05, 0.1) is 36.6 Å². The van der Waals surface area contributed by atoms with E-state index in [4.69, 9.17) is 9.47 Å². The lowest BCUT2D eigenvalue weighted by Crippen LogP contribution is -2.58. The van der Waals surface area contributed by atoms with Crippen LogP contribution < -0.4 is 10.2 Å². The molecule has 0 saturated carbocycles. The van der Waals surface area contributed by atoms with Gasteiger partial charge < -0.3 is 29.7 Å². The van der Waals surface area contributed by atoms with Gasteiger partial charge in [0.2, 0.25) is 11.8 Å². The number of aliphatic hydroxyl groups excluding tert-OH is 1. The third-order valence-electron chi connectivity index (χ3n) is 11.0. The molecule has 4 aromatic rings. The Morgan fingerprint density at radius 1 is 0.849 bits per heavy atom. The van der Waals surface area contributed by atoms with Crippen molar-refractivity contribution >= 4 is 40.2 Å². The average molecular weight is 712 g/mol. The fourth-order valence-electron chi connectivity index (χ4n) is 8.48. The number of nitrogens with one attached hydrogen (secondary N) is 1. The number of rotatable bonds is 6. The first-order valence-electron chi connectivity index (χ1n) is 18.2. The molecule has 3 amide bonds. The van der Waals surface area contributed by atoms with E-state index in [1.807, 2.05) is 109 Å². The number of likely N-dealkylation sites (tertiary alicyclic amines) is 1. The topological polar surface area (TPSA) is 125 Å². The van der Waals surface area contributed by atoms with Gasteiger partial charge in [-0.15, -0.1) is 0 Å². The van der Waals surface area contributed by atoms with E-state index in [0.717, 1.165) is 21.9 Å². The van der Waals surface area contributed by atoms with E-state index in [2.05, 4.69) is 5.32 Å². The van der Waals surface area contributed by atoms with E-state index < -0.39 is 66.1 Å². The van der Waals surface area contributed by atoms with Crippen LogP contribution in [-0.2, 0) is 35.1 Å². The molecule has 10 heteroatoms. The maximum absolute atomic E-state index is 15.2. The lowest BCUT2D eigenvalue weighted by molar-refractivity contribution is -0.146. The fraction of sp³-hybridized carbons (Fsp3) is 0.302. The maximum Gasteiger partial charge on any atom is 0.306 e. The van der Waals surface area contributed by atoms with Crippen LogP contribution in [0.4, 0.5) is 5.69 Å². The standard InChI is InChI=1S/C43H41N3O7/c47-26-33(24-28-12-3-1-4-13-28)46-39-42(51)45(32-21-20-29-14-7-8-17-31(29)25-32)23-11-22-43(39)38(41(46)50)37-35(53-43)18-9-10-19-36(48)52-27-34(44-40(37)49)30-15-5-2-6-16-30/h1-9,11-18,20-22,25,33-35,37-39,47H,10,19,23-24,26-27H2,(H,44,49)/b18-9-/t33-,34-,35+,37-,38-,39+,43-/m1/s1. The smallest absolute Gasteiger partial charge is 0.306 e. The van der Waals surface area contributed by atoms with Crippen LogP contribution in [0.1, 0.15) is 30.0 Å². The van der Waals surface area contributed by atoms with Crippen LogP contribution >= 0.6 is 0 Å². The summed E-state index contributed by atoms with van der Waals surface area (Å²) in [6, 6.07) is 29.8. The van der Waals surface area contributed by atoms with Crippen molar-refractivity contribution in [2.45, 2.75) is 49.1 Å². The SMILES string of the molecule is O=C1CC/C=C\[C@@H]2O[C@@]34C=CCN(c5ccc6ccccc6c5)C(=O)[C@@H]3N([C@@H](CO)Cc3ccccc3)C(=O)[C@H]4[C@@H]2C(=O)N[C@@H](c2ccccc2)CO1. The van der Waals surface area contributed by atoms with Gasteiger partial charge in [-0.3, -0.25) is 19.2 Å². The number of fused-ring (bicyclic) bond motifs is 3. The van der Waals surface area contributed by atoms with Crippen molar-refractivity contribution in [3.8, 4) is 0 Å². The molecule has 0 aromatic heterocycles. The molecule has 2 fully saturated rings. The number of ether oxygens (including phenoxy) is 2. The molecule has 8 rings (SSSR count). The van der Waals surface area contributed by atoms with Gasteiger partial charge in [0, 0.05) is 18.7 Å². The van der Waals surface area contributed by atoms with Crippen molar-refractivity contribution in [1.29, 1.82) is 0 Å². The molecule has 10 nitrogen and oxygen atoms in total. The number of hydrogen-bond donors (Lipinski definition) is 2. The van der Waals surface area contributed by atoms with Gasteiger partial charge in [-0.2, -0.15) is 0 Å². The minimum atomic E-state index is -1.53. The Balaban J connectivity index is 1.23. The molecule has 4 aliphatic rings. The maximum atomic E-state index is 15.2. The summed E-state index contributed by atoms with van der Waals surface area (Å²) in [5.74, 6) is -3.78. The lowest BCUT2D eigenvalue weighted by atomic mass is 9.77. The molecule has 2 saturated heterocycles. The second-order valence-corrected chi connectivity index (χ2v) is 14.1. The summed E-state index contributed by atoms with van der Waals surface area (Å²) in [5, 5.41) is 16.0. The molecule has 4 aromatic carbocycles. The molecule has 7 atom stereocenters. The van der Waals surface area contributed by atoms with Crippen LogP contribution in [0, 0.1) is 11.8 Å². The van der Waals surface area contributed by atoms with Crippen molar-refractivity contribution in [3.05, 3.63) is 139 Å². The van der Waals surface area contributed by atoms with E-state index in [0.29, 0.717) is 12.1 Å². The fourth-order valence-corrected chi connectivity index (χ4v) is 8.48. The zero-order valence-electron chi connectivity index (χ0n) is 29.1. The van der Waals surface area contributed by atoms with Crippen LogP contribution in [0.2, 0.25) is 0 Å². The third kappa shape index (κ3) is 6.32. The quantitative estimate of drug-likeness (QED) is 0.220. The van der Waals surface area contributed by atoms with Crippen LogP contribution in [0.3, 0.4) is 0 Å². The zero-order valence-corrected chi connectivity index (χ0v) is 29.1. The number of amides is 3. The Bertz CT molecular complexity index is 2090. The Hall–Kier alpha value is -5.58. The van der Waals surface area contributed by atoms with Crippen molar-refractivity contribution in [2.24, 2.45) is 11.8 Å². The molecule has 4 aliphatic heterocycles. The Morgan fingerprint density at radius 2 is 1.58 bits per heavy atom. The van der Waals surface area contributed by atoms with Gasteiger partial charge >= 0.3 is 5.97 Å². The highest BCUT2D eigenvalue weighted by atomic mass is 16.5. The van der Waals surface area contributed by atoms with E-state index in [9.17, 15) is 14.7 Å². The largest absolute Gasteiger partial charge is 0.463 e. The molecule has 0 radical (unpaired) electrons. The van der Waals surface area contributed by atoms with E-state index >= 15 is 9.59 Å². The van der Waals surface area contributed by atoms with Gasteiger partial charge in [-0.25, -0.2) is 0 Å². The number of esters is 1. The zero-order chi connectivity index (χ0) is 36.5. The number of aliphatic hydroxyl groups is 1. The second-order valence-electron chi connectivity index (χ2n) is 14.1. The number of anilines is 1. The summed E-state index contributed by atoms with van der Waals surface area (Å²) < 4.78 is 12.5. The molecule has 270 valence electrons. The Morgan fingerprint density at radius 3 is 2.36 bits per heavy atom. The summed E-state index contributed by atoms with van der Waals surface area (Å²) in [6.45, 7) is -0.282. The minimum Gasteiger partial charge on any atom is -0.463 e. The number of carbonyl (C=O) groups is 4. The molecule has 4 heterocycles. The normalized spacial score (nSPS) is 28.5. The first-order valence-corrected chi connectivity index (χ1v) is 18.2. The van der Waals surface area contributed by atoms with E-state index in [-0.39, 0.29) is 31.9 Å². The number of carbonyl (C=O) groups excluding carboxylic acids is 4. The molecule has 53 heavy (non-hydrogen) atoms. The number of nitrogens with zero attached hydrogens (tertiary/aromatic N) is 2. The summed E-state index contributed by atoms with van der Waals surface area (Å²) >= 11 is 0. The highest BCUT2D eigenvalue weighted by Gasteiger charge is 2.72. The Kier molecular flexibility index (Phi) is 9.40. The van der Waals surface area contributed by atoms with Crippen molar-refractivity contribution in [1.82, 2.24) is 10.2 Å². The molecule has 2 N–H and O–H groups in total. The molecule has 1 spiro atoms. The first kappa shape index (κ1) is 34.5. The van der Waals surface area contributed by atoms with Crippen LogP contribution in [-0.4, -0.2) is 77.2 Å². The summed E-state index contributed by atoms with van der Waals surface area (Å²) in [4.78, 5) is 60.7. The second kappa shape index (κ2) is 14.4. The number of allylic oxidation sites excluding steroid dienone is 1. The van der Waals surface area contributed by atoms with Crippen LogP contribution in [0.25, 0.3) is 10.8 Å². The van der Waals surface area contributed by atoms with Crippen molar-refractivity contribution < 1.29 is 33.8 Å². The predicted molar refractivity (Wildman–Crippen MR) is 198 cm³/mol. The van der Waals surface area contributed by atoms with Crippen LogP contribution in [0.5, 0.6) is 0 Å². The van der Waals surface area contributed by atoms with E-state index in [1.165, 1.54) is 4.90 Å². The lowest BCUT2D eigenvalue weighted by Gasteiger charge is -2.38. The van der Waals surface area contributed by atoms with E-state index in [1.54, 1.807) is 23.1 Å². The van der Waals surface area contributed by atoms with Gasteiger partial charge in [-0.05, 0) is 46.9 Å². The molecular formula is C43H41N3O7. The average Bonchev–Trinajstić information content (AvgIpc) is 3.58. The molecular weight excluding hydrogens is 670 g/mol. The highest BCUT2D eigenvalue weighted by Crippen LogP contribution is 2.54. The molecule has 0 aliphatic carbocycles. The third-order valence-corrected chi connectivity index (χ3v) is 11.0. The number of cyclic esters (lactones) is 1. The molecule has 0 unspecified atom stereocenters. The molecule has 0 bridgehead atoms. The van der Waals surface area contributed by atoms with Gasteiger partial charge in [0.15, 0.2) is 0 Å². The van der Waals surface area contributed by atoms with Gasteiger partial charge in [0.1, 0.15) is 18.2 Å². The van der Waals surface area contributed by atoms with Gasteiger partial charge in [-0.1, -0.05) is 115 Å². The van der Waals surface area contributed by atoms with Crippen molar-refractivity contribution in [2.75, 3.05) is 24.7 Å². The number of benzene rings is 4. The first-order chi connectivity index (χ1) is 25.9.